The first-order valence-corrected chi connectivity index (χ1v) is 8.53. The van der Waals surface area contributed by atoms with Crippen LogP contribution in [0, 0.1) is 0 Å². The van der Waals surface area contributed by atoms with Crippen LogP contribution in [0.5, 0.6) is 11.5 Å². The van der Waals surface area contributed by atoms with Crippen molar-refractivity contribution in [2.24, 2.45) is 0 Å². The minimum Gasteiger partial charge on any atom is -0.497 e. The Morgan fingerprint density at radius 3 is 2.15 bits per heavy atom. The van der Waals surface area contributed by atoms with Gasteiger partial charge in [-0.05, 0) is 49.4 Å². The monoisotopic (exact) mass is 378 g/mol. The van der Waals surface area contributed by atoms with Crippen molar-refractivity contribution >= 4 is 5.91 Å². The Bertz CT molecular complexity index is 721. The van der Waals surface area contributed by atoms with Crippen LogP contribution in [0.3, 0.4) is 0 Å². The summed E-state index contributed by atoms with van der Waals surface area (Å²) in [7, 11) is 3.44. The standard InChI is InChI=1S/C20H24F2N2O3/c1-14(19(25)23-12-15-4-8-17(26-3)9-5-15)24(2)13-16-6-10-18(11-7-16)27-20(21)22/h4-11,14,20H,12-13H2,1-3H3,(H,23,25)/t14-/m0/s1. The molecule has 0 heterocycles. The van der Waals surface area contributed by atoms with E-state index >= 15 is 0 Å². The second kappa shape index (κ2) is 9.87. The van der Waals surface area contributed by atoms with Crippen LogP contribution in [-0.4, -0.2) is 37.6 Å². The molecule has 0 fully saturated rings. The first kappa shape index (κ1) is 20.6. The number of ether oxygens (including phenoxy) is 2. The molecule has 27 heavy (non-hydrogen) atoms. The predicted molar refractivity (Wildman–Crippen MR) is 98.8 cm³/mol. The summed E-state index contributed by atoms with van der Waals surface area (Å²) in [5.74, 6) is 0.788. The Morgan fingerprint density at radius 2 is 1.59 bits per heavy atom. The number of rotatable bonds is 9. The minimum absolute atomic E-state index is 0.0917. The maximum atomic E-state index is 12.4. The van der Waals surface area contributed by atoms with Gasteiger partial charge in [0.1, 0.15) is 11.5 Å². The number of amides is 1. The lowest BCUT2D eigenvalue weighted by molar-refractivity contribution is -0.125. The summed E-state index contributed by atoms with van der Waals surface area (Å²) in [5.41, 5.74) is 1.88. The number of alkyl halides is 2. The average Bonchev–Trinajstić information content (AvgIpc) is 2.67. The lowest BCUT2D eigenvalue weighted by Gasteiger charge is -2.24. The van der Waals surface area contributed by atoms with Crippen LogP contribution >= 0.6 is 0 Å². The van der Waals surface area contributed by atoms with Crippen molar-refractivity contribution in [3.8, 4) is 11.5 Å². The molecule has 0 unspecified atom stereocenters. The third-order valence-electron chi connectivity index (χ3n) is 4.25. The van der Waals surface area contributed by atoms with Gasteiger partial charge in [-0.2, -0.15) is 8.78 Å². The Balaban J connectivity index is 1.83. The van der Waals surface area contributed by atoms with E-state index in [2.05, 4.69) is 10.1 Å². The fourth-order valence-electron chi connectivity index (χ4n) is 2.48. The number of nitrogens with one attached hydrogen (secondary N) is 1. The van der Waals surface area contributed by atoms with E-state index in [-0.39, 0.29) is 17.7 Å². The number of hydrogen-bond acceptors (Lipinski definition) is 4. The van der Waals surface area contributed by atoms with Gasteiger partial charge in [-0.25, -0.2) is 0 Å². The first-order chi connectivity index (χ1) is 12.9. The number of carbonyl (C=O) groups excluding carboxylic acids is 1. The molecule has 0 aliphatic carbocycles. The highest BCUT2D eigenvalue weighted by Gasteiger charge is 2.18. The number of likely N-dealkylation sites (N-methyl/N-ethyl adjacent to an activating group) is 1. The Labute approximate surface area is 157 Å². The van der Waals surface area contributed by atoms with Crippen LogP contribution in [0.2, 0.25) is 0 Å². The van der Waals surface area contributed by atoms with Gasteiger partial charge in [0, 0.05) is 13.1 Å². The summed E-state index contributed by atoms with van der Waals surface area (Å²) in [4.78, 5) is 14.2. The lowest BCUT2D eigenvalue weighted by atomic mass is 10.1. The molecule has 0 aliphatic rings. The van der Waals surface area contributed by atoms with Gasteiger partial charge in [0.2, 0.25) is 5.91 Å². The molecule has 2 aromatic carbocycles. The molecule has 2 aromatic rings. The van der Waals surface area contributed by atoms with Crippen LogP contribution in [0.1, 0.15) is 18.1 Å². The van der Waals surface area contributed by atoms with E-state index in [0.29, 0.717) is 13.1 Å². The molecule has 0 aliphatic heterocycles. The summed E-state index contributed by atoms with van der Waals surface area (Å²) in [6, 6.07) is 13.5. The molecule has 0 bridgehead atoms. The van der Waals surface area contributed by atoms with Crippen LogP contribution in [0.25, 0.3) is 0 Å². The molecule has 1 amide bonds. The summed E-state index contributed by atoms with van der Waals surface area (Å²) in [6.45, 7) is -0.0855. The maximum Gasteiger partial charge on any atom is 0.387 e. The Kier molecular flexibility index (Phi) is 7.55. The van der Waals surface area contributed by atoms with E-state index in [4.69, 9.17) is 4.74 Å². The number of benzene rings is 2. The van der Waals surface area contributed by atoms with E-state index in [1.807, 2.05) is 43.1 Å². The van der Waals surface area contributed by atoms with Crippen LogP contribution in [-0.2, 0) is 17.9 Å². The normalized spacial score (nSPS) is 12.1. The highest BCUT2D eigenvalue weighted by Crippen LogP contribution is 2.16. The minimum atomic E-state index is -2.84. The van der Waals surface area contributed by atoms with Crippen molar-refractivity contribution in [1.82, 2.24) is 10.2 Å². The lowest BCUT2D eigenvalue weighted by Crippen LogP contribution is -2.42. The van der Waals surface area contributed by atoms with Gasteiger partial charge in [0.15, 0.2) is 0 Å². The van der Waals surface area contributed by atoms with Crippen molar-refractivity contribution in [3.05, 3.63) is 59.7 Å². The second-order valence-corrected chi connectivity index (χ2v) is 6.18. The van der Waals surface area contributed by atoms with Crippen LogP contribution < -0.4 is 14.8 Å². The summed E-state index contributed by atoms with van der Waals surface area (Å²) < 4.78 is 33.8. The van der Waals surface area contributed by atoms with Crippen LogP contribution in [0.4, 0.5) is 8.78 Å². The fourth-order valence-corrected chi connectivity index (χ4v) is 2.48. The topological polar surface area (TPSA) is 50.8 Å². The van der Waals surface area contributed by atoms with Gasteiger partial charge in [0.05, 0.1) is 13.2 Å². The molecular weight excluding hydrogens is 354 g/mol. The van der Waals surface area contributed by atoms with Crippen molar-refractivity contribution < 1.29 is 23.0 Å². The summed E-state index contributed by atoms with van der Waals surface area (Å²) in [5, 5.41) is 2.91. The zero-order valence-electron chi connectivity index (χ0n) is 15.6. The van der Waals surface area contributed by atoms with Gasteiger partial charge in [-0.15, -0.1) is 0 Å². The molecule has 0 saturated heterocycles. The second-order valence-electron chi connectivity index (χ2n) is 6.18. The molecule has 146 valence electrons. The molecule has 5 nitrogen and oxygen atoms in total. The third-order valence-corrected chi connectivity index (χ3v) is 4.25. The number of methoxy groups -OCH3 is 1. The molecule has 7 heteroatoms. The Hall–Kier alpha value is -2.67. The van der Waals surface area contributed by atoms with Gasteiger partial charge >= 0.3 is 6.61 Å². The molecule has 0 saturated carbocycles. The number of hydrogen-bond donors (Lipinski definition) is 1. The molecule has 2 rings (SSSR count). The molecule has 1 atom stereocenters. The average molecular weight is 378 g/mol. The van der Waals surface area contributed by atoms with E-state index in [1.165, 1.54) is 12.1 Å². The van der Waals surface area contributed by atoms with Crippen LogP contribution in [0.15, 0.2) is 48.5 Å². The highest BCUT2D eigenvalue weighted by atomic mass is 19.3. The Morgan fingerprint density at radius 1 is 1.04 bits per heavy atom. The molecule has 0 radical (unpaired) electrons. The highest BCUT2D eigenvalue weighted by molar-refractivity contribution is 5.81. The smallest absolute Gasteiger partial charge is 0.387 e. The SMILES string of the molecule is COc1ccc(CNC(=O)[C@H](C)N(C)Cc2ccc(OC(F)F)cc2)cc1. The number of carbonyl (C=O) groups is 1. The largest absolute Gasteiger partial charge is 0.497 e. The number of halogens is 2. The summed E-state index contributed by atoms with van der Waals surface area (Å²) in [6.07, 6.45) is 0. The van der Waals surface area contributed by atoms with Gasteiger partial charge in [-0.1, -0.05) is 24.3 Å². The van der Waals surface area contributed by atoms with Crippen molar-refractivity contribution in [2.45, 2.75) is 32.7 Å². The van der Waals surface area contributed by atoms with E-state index in [9.17, 15) is 13.6 Å². The quantitative estimate of drug-likeness (QED) is 0.726. The van der Waals surface area contributed by atoms with Crippen molar-refractivity contribution in [2.75, 3.05) is 14.2 Å². The number of nitrogens with zero attached hydrogens (tertiary/aromatic N) is 1. The molecule has 0 aromatic heterocycles. The van der Waals surface area contributed by atoms with Crippen molar-refractivity contribution in [1.29, 1.82) is 0 Å². The van der Waals surface area contributed by atoms with E-state index < -0.39 is 6.61 Å². The van der Waals surface area contributed by atoms with Gasteiger partial charge in [0.25, 0.3) is 0 Å². The molecule has 0 spiro atoms. The van der Waals surface area contributed by atoms with Gasteiger partial charge in [-0.3, -0.25) is 9.69 Å². The zero-order chi connectivity index (χ0) is 19.8. The first-order valence-electron chi connectivity index (χ1n) is 8.53. The van der Waals surface area contributed by atoms with E-state index in [1.54, 1.807) is 19.2 Å². The third kappa shape index (κ3) is 6.53. The fraction of sp³-hybridized carbons (Fsp3) is 0.350. The van der Waals surface area contributed by atoms with E-state index in [0.717, 1.165) is 16.9 Å². The summed E-state index contributed by atoms with van der Waals surface area (Å²) >= 11 is 0. The maximum absolute atomic E-state index is 12.4. The van der Waals surface area contributed by atoms with Gasteiger partial charge < -0.3 is 14.8 Å². The van der Waals surface area contributed by atoms with Crippen molar-refractivity contribution in [3.63, 3.8) is 0 Å². The predicted octanol–water partition coefficient (Wildman–Crippen LogP) is 3.43. The zero-order valence-corrected chi connectivity index (χ0v) is 15.6. The molecule has 1 N–H and O–H groups in total. The molecular formula is C20H24F2N2O3.